The van der Waals surface area contributed by atoms with Crippen molar-refractivity contribution < 1.29 is 9.21 Å². The molecule has 1 heterocycles. The van der Waals surface area contributed by atoms with Crippen LogP contribution in [0.4, 0.5) is 0 Å². The van der Waals surface area contributed by atoms with Crippen molar-refractivity contribution in [3.05, 3.63) is 24.2 Å². The van der Waals surface area contributed by atoms with Crippen molar-refractivity contribution in [1.82, 2.24) is 10.6 Å². The van der Waals surface area contributed by atoms with Gasteiger partial charge in [-0.3, -0.25) is 10.1 Å². The monoisotopic (exact) mass is 316 g/mol. The molecule has 0 aliphatic heterocycles. The largest absolute Gasteiger partial charge is 0.468 e. The third kappa shape index (κ3) is 3.18. The second-order valence-electron chi connectivity index (χ2n) is 8.31. The molecule has 0 saturated heterocycles. The van der Waals surface area contributed by atoms with E-state index in [1.54, 1.807) is 6.26 Å². The van der Waals surface area contributed by atoms with Crippen LogP contribution in [-0.4, -0.2) is 19.0 Å². The number of furan rings is 1. The van der Waals surface area contributed by atoms with Gasteiger partial charge in [0.25, 0.3) is 0 Å². The molecule has 1 aromatic heterocycles. The summed E-state index contributed by atoms with van der Waals surface area (Å²) in [5.74, 6) is 3.80. The van der Waals surface area contributed by atoms with Crippen LogP contribution in [0, 0.1) is 23.2 Å². The summed E-state index contributed by atoms with van der Waals surface area (Å²) in [5.41, 5.74) is 0.414. The smallest absolute Gasteiger partial charge is 0.233 e. The first-order valence-corrected chi connectivity index (χ1v) is 9.15. The molecule has 2 N–H and O–H groups in total. The van der Waals surface area contributed by atoms with Crippen LogP contribution in [0.25, 0.3) is 0 Å². The van der Waals surface area contributed by atoms with Gasteiger partial charge in [-0.2, -0.15) is 0 Å². The van der Waals surface area contributed by atoms with Gasteiger partial charge >= 0.3 is 0 Å². The van der Waals surface area contributed by atoms with Crippen molar-refractivity contribution in [2.45, 2.75) is 51.5 Å². The lowest BCUT2D eigenvalue weighted by Gasteiger charge is -2.56. The lowest BCUT2D eigenvalue weighted by atomic mass is 9.49. The van der Waals surface area contributed by atoms with E-state index >= 15 is 0 Å². The predicted molar refractivity (Wildman–Crippen MR) is 88.7 cm³/mol. The highest BCUT2D eigenvalue weighted by Crippen LogP contribution is 2.59. The lowest BCUT2D eigenvalue weighted by Crippen LogP contribution is -2.51. The highest BCUT2D eigenvalue weighted by molar-refractivity contribution is 5.78. The number of carbonyl (C=O) groups excluding carboxylic acids is 1. The summed E-state index contributed by atoms with van der Waals surface area (Å²) < 4.78 is 5.36. The number of amides is 1. The van der Waals surface area contributed by atoms with Crippen LogP contribution < -0.4 is 10.6 Å². The molecule has 4 saturated carbocycles. The quantitative estimate of drug-likeness (QED) is 0.847. The fourth-order valence-electron chi connectivity index (χ4n) is 5.74. The maximum Gasteiger partial charge on any atom is 0.233 e. The van der Waals surface area contributed by atoms with E-state index in [4.69, 9.17) is 4.42 Å². The summed E-state index contributed by atoms with van der Waals surface area (Å²) >= 11 is 0. The zero-order chi connectivity index (χ0) is 15.9. The molecule has 4 bridgehead atoms. The summed E-state index contributed by atoms with van der Waals surface area (Å²) in [6, 6.07) is 3.88. The van der Waals surface area contributed by atoms with Crippen LogP contribution in [0.1, 0.15) is 57.3 Å². The Morgan fingerprint density at radius 3 is 2.48 bits per heavy atom. The molecule has 1 aromatic rings. The minimum Gasteiger partial charge on any atom is -0.468 e. The standard InChI is InChI=1S/C19H28N2O2/c1-13(17-3-2-4-23-17)20-11-18(22)21-12-19-8-14-5-15(9-19)7-16(6-14)10-19/h2-4,13-16,20H,5-12H2,1H3,(H,21,22)/t13-,14?,15?,16?,19?/m1/s1. The molecule has 1 atom stereocenters. The van der Waals surface area contributed by atoms with Crippen LogP contribution in [0.2, 0.25) is 0 Å². The molecule has 4 heteroatoms. The highest BCUT2D eigenvalue weighted by Gasteiger charge is 2.50. The van der Waals surface area contributed by atoms with Gasteiger partial charge in [0.15, 0.2) is 0 Å². The third-order valence-electron chi connectivity index (χ3n) is 6.36. The van der Waals surface area contributed by atoms with Crippen molar-refractivity contribution in [3.8, 4) is 0 Å². The van der Waals surface area contributed by atoms with Crippen molar-refractivity contribution in [3.63, 3.8) is 0 Å². The van der Waals surface area contributed by atoms with Crippen LogP contribution >= 0.6 is 0 Å². The number of hydrogen-bond donors (Lipinski definition) is 2. The Morgan fingerprint density at radius 1 is 1.26 bits per heavy atom. The van der Waals surface area contributed by atoms with Crippen LogP contribution in [0.5, 0.6) is 0 Å². The Kier molecular flexibility index (Phi) is 3.96. The Hall–Kier alpha value is -1.29. The Morgan fingerprint density at radius 2 is 1.91 bits per heavy atom. The Bertz CT molecular complexity index is 516. The molecule has 1 amide bonds. The molecule has 4 fully saturated rings. The van der Waals surface area contributed by atoms with Crippen LogP contribution in [0.15, 0.2) is 22.8 Å². The minimum atomic E-state index is 0.0651. The van der Waals surface area contributed by atoms with Crippen molar-refractivity contribution in [2.75, 3.05) is 13.1 Å². The average molecular weight is 316 g/mol. The molecule has 5 rings (SSSR count). The summed E-state index contributed by atoms with van der Waals surface area (Å²) in [6.07, 6.45) is 10.1. The lowest BCUT2D eigenvalue weighted by molar-refractivity contribution is -0.122. The topological polar surface area (TPSA) is 54.3 Å². The molecule has 0 spiro atoms. The van der Waals surface area contributed by atoms with E-state index in [1.807, 2.05) is 19.1 Å². The van der Waals surface area contributed by atoms with Gasteiger partial charge in [-0.1, -0.05) is 0 Å². The first-order valence-electron chi connectivity index (χ1n) is 9.15. The molecule has 23 heavy (non-hydrogen) atoms. The normalized spacial score (nSPS) is 36.1. The second kappa shape index (κ2) is 5.97. The first-order chi connectivity index (χ1) is 11.1. The molecule has 126 valence electrons. The van der Waals surface area contributed by atoms with Crippen molar-refractivity contribution in [1.29, 1.82) is 0 Å². The van der Waals surface area contributed by atoms with Gasteiger partial charge < -0.3 is 9.73 Å². The Balaban J connectivity index is 1.25. The first kappa shape index (κ1) is 15.3. The molecule has 0 aromatic carbocycles. The van der Waals surface area contributed by atoms with E-state index in [-0.39, 0.29) is 11.9 Å². The molecule has 4 aliphatic carbocycles. The van der Waals surface area contributed by atoms with Gasteiger partial charge in [0.1, 0.15) is 5.76 Å². The molecule has 4 nitrogen and oxygen atoms in total. The van der Waals surface area contributed by atoms with Gasteiger partial charge in [-0.15, -0.1) is 0 Å². The maximum atomic E-state index is 12.2. The fraction of sp³-hybridized carbons (Fsp3) is 0.737. The molecular weight excluding hydrogens is 288 g/mol. The van der Waals surface area contributed by atoms with Gasteiger partial charge in [-0.25, -0.2) is 0 Å². The molecule has 0 unspecified atom stereocenters. The third-order valence-corrected chi connectivity index (χ3v) is 6.36. The van der Waals surface area contributed by atoms with E-state index in [0.29, 0.717) is 12.0 Å². The number of nitrogens with one attached hydrogen (secondary N) is 2. The van der Waals surface area contributed by atoms with Crippen LogP contribution in [0.3, 0.4) is 0 Å². The minimum absolute atomic E-state index is 0.0651. The molecule has 0 radical (unpaired) electrons. The van der Waals surface area contributed by atoms with E-state index in [9.17, 15) is 4.79 Å². The zero-order valence-corrected chi connectivity index (χ0v) is 14.0. The molecular formula is C19H28N2O2. The van der Waals surface area contributed by atoms with E-state index < -0.39 is 0 Å². The highest BCUT2D eigenvalue weighted by atomic mass is 16.3. The van der Waals surface area contributed by atoms with Gasteiger partial charge in [-0.05, 0) is 80.8 Å². The van der Waals surface area contributed by atoms with Gasteiger partial charge in [0, 0.05) is 6.54 Å². The number of carbonyl (C=O) groups is 1. The predicted octanol–water partition coefficient (Wildman–Crippen LogP) is 3.26. The average Bonchev–Trinajstić information content (AvgIpc) is 3.04. The van der Waals surface area contributed by atoms with Crippen molar-refractivity contribution in [2.24, 2.45) is 23.2 Å². The van der Waals surface area contributed by atoms with Crippen LogP contribution in [-0.2, 0) is 4.79 Å². The second-order valence-corrected chi connectivity index (χ2v) is 8.31. The zero-order valence-electron chi connectivity index (χ0n) is 14.0. The fourth-order valence-corrected chi connectivity index (χ4v) is 5.74. The van der Waals surface area contributed by atoms with E-state index in [1.165, 1.54) is 38.5 Å². The summed E-state index contributed by atoms with van der Waals surface area (Å²) in [5, 5.41) is 6.45. The Labute approximate surface area is 138 Å². The van der Waals surface area contributed by atoms with Gasteiger partial charge in [0.2, 0.25) is 5.91 Å². The summed E-state index contributed by atoms with van der Waals surface area (Å²) in [4.78, 5) is 12.2. The van der Waals surface area contributed by atoms with Gasteiger partial charge in [0.05, 0.1) is 18.8 Å². The SMILES string of the molecule is C[C@@H](NCC(=O)NCC12CC3CC(CC(C3)C1)C2)c1ccco1. The number of rotatable bonds is 6. The molecule has 4 aliphatic rings. The summed E-state index contributed by atoms with van der Waals surface area (Å²) in [7, 11) is 0. The van der Waals surface area contributed by atoms with E-state index in [2.05, 4.69) is 10.6 Å². The number of hydrogen-bond acceptors (Lipinski definition) is 3. The maximum absolute atomic E-state index is 12.2. The van der Waals surface area contributed by atoms with E-state index in [0.717, 1.165) is 30.1 Å². The summed E-state index contributed by atoms with van der Waals surface area (Å²) in [6.45, 7) is 3.26. The van der Waals surface area contributed by atoms with Crippen molar-refractivity contribution >= 4 is 5.91 Å².